The Morgan fingerprint density at radius 3 is 1.57 bits per heavy atom. The maximum absolute atomic E-state index is 12.8. The second-order valence-corrected chi connectivity index (χ2v) is 7.50. The highest BCUT2D eigenvalue weighted by atomic mass is 16.6. The van der Waals surface area contributed by atoms with Crippen molar-refractivity contribution in [2.24, 2.45) is 5.92 Å². The van der Waals surface area contributed by atoms with Crippen LogP contribution in [0, 0.1) is 5.92 Å². The van der Waals surface area contributed by atoms with Gasteiger partial charge in [0.2, 0.25) is 0 Å². The summed E-state index contributed by atoms with van der Waals surface area (Å²) in [6.07, 6.45) is 1.33. The van der Waals surface area contributed by atoms with Crippen molar-refractivity contribution in [2.45, 2.75) is 33.6 Å². The smallest absolute Gasteiger partial charge is 0.343 e. The SMILES string of the molecule is CCc1ccc(CC(C)C)c(OC(=O)c2ccccc2)c1OC(=O)c1ccccc1. The highest BCUT2D eigenvalue weighted by Crippen LogP contribution is 2.38. The molecule has 0 saturated carbocycles. The minimum Gasteiger partial charge on any atom is -0.419 e. The molecular formula is C26H26O4. The lowest BCUT2D eigenvalue weighted by Gasteiger charge is -2.18. The molecule has 0 heterocycles. The van der Waals surface area contributed by atoms with Gasteiger partial charge in [-0.1, -0.05) is 69.3 Å². The fourth-order valence-corrected chi connectivity index (χ4v) is 3.20. The zero-order valence-corrected chi connectivity index (χ0v) is 17.6. The van der Waals surface area contributed by atoms with Gasteiger partial charge in [0.25, 0.3) is 0 Å². The Hall–Kier alpha value is -3.40. The van der Waals surface area contributed by atoms with Crippen molar-refractivity contribution in [3.8, 4) is 11.5 Å². The van der Waals surface area contributed by atoms with Crippen LogP contribution in [0.5, 0.6) is 11.5 Å². The Kier molecular flexibility index (Phi) is 7.02. The van der Waals surface area contributed by atoms with Crippen LogP contribution in [-0.2, 0) is 12.8 Å². The minimum atomic E-state index is -0.482. The van der Waals surface area contributed by atoms with Crippen LogP contribution in [0.15, 0.2) is 72.8 Å². The maximum atomic E-state index is 12.8. The minimum absolute atomic E-state index is 0.314. The van der Waals surface area contributed by atoms with Crippen molar-refractivity contribution in [1.82, 2.24) is 0 Å². The van der Waals surface area contributed by atoms with Gasteiger partial charge in [-0.3, -0.25) is 0 Å². The number of esters is 2. The van der Waals surface area contributed by atoms with Crippen molar-refractivity contribution in [1.29, 1.82) is 0 Å². The lowest BCUT2D eigenvalue weighted by atomic mass is 9.98. The van der Waals surface area contributed by atoms with E-state index in [1.54, 1.807) is 48.5 Å². The van der Waals surface area contributed by atoms with Gasteiger partial charge < -0.3 is 9.47 Å². The van der Waals surface area contributed by atoms with Gasteiger partial charge in [0.05, 0.1) is 11.1 Å². The number of hydrogen-bond donors (Lipinski definition) is 0. The first-order valence-electron chi connectivity index (χ1n) is 10.2. The van der Waals surface area contributed by atoms with E-state index in [-0.39, 0.29) is 0 Å². The standard InChI is InChI=1S/C26H26O4/c1-4-19-15-16-22(17-18(2)3)24(30-26(28)21-13-9-6-10-14-21)23(19)29-25(27)20-11-7-5-8-12-20/h5-16,18H,4,17H2,1-3H3. The van der Waals surface area contributed by atoms with Crippen LogP contribution in [0.25, 0.3) is 0 Å². The fourth-order valence-electron chi connectivity index (χ4n) is 3.20. The molecule has 0 fully saturated rings. The Morgan fingerprint density at radius 2 is 1.13 bits per heavy atom. The van der Waals surface area contributed by atoms with Crippen LogP contribution in [0.4, 0.5) is 0 Å². The molecular weight excluding hydrogens is 376 g/mol. The Morgan fingerprint density at radius 1 is 0.700 bits per heavy atom. The average molecular weight is 402 g/mol. The molecule has 0 radical (unpaired) electrons. The van der Waals surface area contributed by atoms with Gasteiger partial charge in [0.15, 0.2) is 11.5 Å². The molecule has 0 atom stereocenters. The van der Waals surface area contributed by atoms with E-state index in [1.165, 1.54) is 0 Å². The number of carbonyl (C=O) groups is 2. The van der Waals surface area contributed by atoms with E-state index >= 15 is 0 Å². The highest BCUT2D eigenvalue weighted by molar-refractivity contribution is 5.93. The quantitative estimate of drug-likeness (QED) is 0.365. The average Bonchev–Trinajstić information content (AvgIpc) is 2.76. The summed E-state index contributed by atoms with van der Waals surface area (Å²) in [5, 5.41) is 0. The van der Waals surface area contributed by atoms with Gasteiger partial charge in [0, 0.05) is 0 Å². The third kappa shape index (κ3) is 5.15. The molecule has 30 heavy (non-hydrogen) atoms. The predicted molar refractivity (Wildman–Crippen MR) is 117 cm³/mol. The van der Waals surface area contributed by atoms with Crippen molar-refractivity contribution in [3.63, 3.8) is 0 Å². The monoisotopic (exact) mass is 402 g/mol. The van der Waals surface area contributed by atoms with E-state index in [2.05, 4.69) is 13.8 Å². The molecule has 0 spiro atoms. The van der Waals surface area contributed by atoms with Gasteiger partial charge in [0.1, 0.15) is 0 Å². The molecule has 0 N–H and O–H groups in total. The molecule has 3 aromatic carbocycles. The molecule has 0 aromatic heterocycles. The fraction of sp³-hybridized carbons (Fsp3) is 0.231. The van der Waals surface area contributed by atoms with E-state index < -0.39 is 11.9 Å². The van der Waals surface area contributed by atoms with Gasteiger partial charge >= 0.3 is 11.9 Å². The molecule has 0 aliphatic carbocycles. The van der Waals surface area contributed by atoms with Crippen molar-refractivity contribution >= 4 is 11.9 Å². The lowest BCUT2D eigenvalue weighted by Crippen LogP contribution is -2.15. The number of ether oxygens (including phenoxy) is 2. The molecule has 4 nitrogen and oxygen atoms in total. The van der Waals surface area contributed by atoms with Gasteiger partial charge in [-0.05, 0) is 54.2 Å². The van der Waals surface area contributed by atoms with E-state index in [1.807, 2.05) is 31.2 Å². The lowest BCUT2D eigenvalue weighted by molar-refractivity contribution is 0.0679. The van der Waals surface area contributed by atoms with Crippen molar-refractivity contribution in [3.05, 3.63) is 95.1 Å². The molecule has 0 unspecified atom stereocenters. The van der Waals surface area contributed by atoms with E-state index in [9.17, 15) is 9.59 Å². The van der Waals surface area contributed by atoms with Crippen molar-refractivity contribution < 1.29 is 19.1 Å². The molecule has 0 saturated heterocycles. The second kappa shape index (κ2) is 9.88. The first-order chi connectivity index (χ1) is 14.5. The molecule has 154 valence electrons. The van der Waals surface area contributed by atoms with Gasteiger partial charge in [-0.15, -0.1) is 0 Å². The summed E-state index contributed by atoms with van der Waals surface area (Å²) in [4.78, 5) is 25.6. The molecule has 0 bridgehead atoms. The molecule has 0 aliphatic heterocycles. The van der Waals surface area contributed by atoms with Crippen molar-refractivity contribution in [2.75, 3.05) is 0 Å². The Labute approximate surface area is 177 Å². The number of carbonyl (C=O) groups excluding carboxylic acids is 2. The normalized spacial score (nSPS) is 10.7. The summed E-state index contributed by atoms with van der Waals surface area (Å²) in [6, 6.07) is 21.5. The second-order valence-electron chi connectivity index (χ2n) is 7.50. The molecule has 0 amide bonds. The summed E-state index contributed by atoms with van der Waals surface area (Å²) < 4.78 is 11.6. The van der Waals surface area contributed by atoms with E-state index in [0.717, 1.165) is 11.1 Å². The predicted octanol–water partition coefficient (Wildman–Crippen LogP) is 5.89. The van der Waals surface area contributed by atoms with Gasteiger partial charge in [-0.25, -0.2) is 9.59 Å². The zero-order valence-electron chi connectivity index (χ0n) is 17.6. The first-order valence-corrected chi connectivity index (χ1v) is 10.2. The van der Waals surface area contributed by atoms with E-state index in [4.69, 9.17) is 9.47 Å². The third-order valence-electron chi connectivity index (χ3n) is 4.69. The van der Waals surface area contributed by atoms with Crippen LogP contribution in [-0.4, -0.2) is 11.9 Å². The molecule has 0 aliphatic rings. The first kappa shape index (κ1) is 21.3. The molecule has 3 rings (SSSR count). The number of benzene rings is 3. The number of aryl methyl sites for hydroxylation is 1. The van der Waals surface area contributed by atoms with Gasteiger partial charge in [-0.2, -0.15) is 0 Å². The Bertz CT molecular complexity index is 1010. The highest BCUT2D eigenvalue weighted by Gasteiger charge is 2.23. The largest absolute Gasteiger partial charge is 0.419 e. The zero-order chi connectivity index (χ0) is 21.5. The summed E-state index contributed by atoms with van der Waals surface area (Å²) in [6.45, 7) is 6.15. The topological polar surface area (TPSA) is 52.6 Å². The Balaban J connectivity index is 2.03. The van der Waals surface area contributed by atoms with E-state index in [0.29, 0.717) is 41.4 Å². The summed E-state index contributed by atoms with van der Waals surface area (Å²) in [5.74, 6) is 0.00849. The number of rotatable bonds is 7. The summed E-state index contributed by atoms with van der Waals surface area (Å²) >= 11 is 0. The summed E-state index contributed by atoms with van der Waals surface area (Å²) in [5.41, 5.74) is 2.52. The molecule has 4 heteroatoms. The van der Waals surface area contributed by atoms with Crippen LogP contribution < -0.4 is 9.47 Å². The van der Waals surface area contributed by atoms with Crippen LogP contribution in [0.1, 0.15) is 52.6 Å². The van der Waals surface area contributed by atoms with Crippen LogP contribution in [0.2, 0.25) is 0 Å². The van der Waals surface area contributed by atoms with Crippen LogP contribution >= 0.6 is 0 Å². The van der Waals surface area contributed by atoms with Crippen LogP contribution in [0.3, 0.4) is 0 Å². The maximum Gasteiger partial charge on any atom is 0.343 e. The number of hydrogen-bond acceptors (Lipinski definition) is 4. The third-order valence-corrected chi connectivity index (χ3v) is 4.69. The summed E-state index contributed by atoms with van der Waals surface area (Å²) in [7, 11) is 0. The molecule has 3 aromatic rings.